The molecule has 0 aromatic heterocycles. The molecule has 1 heterocycles. The van der Waals surface area contributed by atoms with E-state index in [-0.39, 0.29) is 18.0 Å². The van der Waals surface area contributed by atoms with Crippen LogP contribution in [0, 0.1) is 13.8 Å². The first-order chi connectivity index (χ1) is 11.0. The second kappa shape index (κ2) is 7.99. The number of urea groups is 1. The van der Waals surface area contributed by atoms with Crippen molar-refractivity contribution < 1.29 is 9.59 Å². The van der Waals surface area contributed by atoms with Crippen LogP contribution in [-0.4, -0.2) is 36.5 Å². The minimum atomic E-state index is -0.231. The molecule has 0 saturated carbocycles. The van der Waals surface area contributed by atoms with Gasteiger partial charge in [0, 0.05) is 26.1 Å². The third kappa shape index (κ3) is 5.27. The Morgan fingerprint density at radius 3 is 2.35 bits per heavy atom. The number of hydrogen-bond donors (Lipinski definition) is 2. The zero-order valence-electron chi connectivity index (χ0n) is 14.3. The van der Waals surface area contributed by atoms with Crippen LogP contribution in [0.15, 0.2) is 18.2 Å². The van der Waals surface area contributed by atoms with Crippen LogP contribution < -0.4 is 10.6 Å². The molecule has 5 nitrogen and oxygen atoms in total. The Bertz CT molecular complexity index is 545. The van der Waals surface area contributed by atoms with Crippen molar-refractivity contribution in [1.82, 2.24) is 15.5 Å². The minimum Gasteiger partial charge on any atom is -0.343 e. The summed E-state index contributed by atoms with van der Waals surface area (Å²) in [5.41, 5.74) is 3.46. The fourth-order valence-electron chi connectivity index (χ4n) is 3.00. The van der Waals surface area contributed by atoms with E-state index in [1.54, 1.807) is 0 Å². The van der Waals surface area contributed by atoms with E-state index in [0.29, 0.717) is 13.0 Å². The molecule has 1 atom stereocenters. The zero-order chi connectivity index (χ0) is 16.8. The maximum absolute atomic E-state index is 12.0. The summed E-state index contributed by atoms with van der Waals surface area (Å²) >= 11 is 0. The Balaban J connectivity index is 1.74. The van der Waals surface area contributed by atoms with Crippen molar-refractivity contribution in [1.29, 1.82) is 0 Å². The van der Waals surface area contributed by atoms with E-state index < -0.39 is 0 Å². The Labute approximate surface area is 138 Å². The number of hydrogen-bond acceptors (Lipinski definition) is 2. The molecule has 1 aromatic carbocycles. The Morgan fingerprint density at radius 2 is 1.74 bits per heavy atom. The molecule has 0 aliphatic carbocycles. The molecule has 0 unspecified atom stereocenters. The van der Waals surface area contributed by atoms with Gasteiger partial charge in [0.25, 0.3) is 0 Å². The van der Waals surface area contributed by atoms with E-state index in [0.717, 1.165) is 31.5 Å². The van der Waals surface area contributed by atoms with Crippen LogP contribution in [-0.2, 0) is 4.79 Å². The van der Waals surface area contributed by atoms with Gasteiger partial charge in [-0.3, -0.25) is 4.79 Å². The van der Waals surface area contributed by atoms with Gasteiger partial charge in [-0.15, -0.1) is 0 Å². The Hall–Kier alpha value is -2.04. The Kier molecular flexibility index (Phi) is 6.02. The number of aryl methyl sites for hydroxylation is 2. The van der Waals surface area contributed by atoms with E-state index >= 15 is 0 Å². The van der Waals surface area contributed by atoms with Gasteiger partial charge in [-0.05, 0) is 39.2 Å². The van der Waals surface area contributed by atoms with Gasteiger partial charge in [-0.25, -0.2) is 4.79 Å². The standard InChI is InChI=1S/C18H27N3O2/c1-13-10-14(2)12-16(11-13)15(3)20-18(23)19-7-6-17(22)21-8-4-5-9-21/h10-12,15H,4-9H2,1-3H3,(H2,19,20,23)/t15-/m0/s1. The van der Waals surface area contributed by atoms with Gasteiger partial charge in [0.2, 0.25) is 5.91 Å². The first kappa shape index (κ1) is 17.3. The fourth-order valence-corrected chi connectivity index (χ4v) is 3.00. The van der Waals surface area contributed by atoms with Crippen molar-refractivity contribution in [3.8, 4) is 0 Å². The predicted octanol–water partition coefficient (Wildman–Crippen LogP) is 2.68. The number of benzene rings is 1. The molecular weight excluding hydrogens is 290 g/mol. The summed E-state index contributed by atoms with van der Waals surface area (Å²) in [6, 6.07) is 5.97. The van der Waals surface area contributed by atoms with Crippen LogP contribution in [0.4, 0.5) is 4.79 Å². The largest absolute Gasteiger partial charge is 0.343 e. The molecule has 2 rings (SSSR count). The second-order valence-corrected chi connectivity index (χ2v) is 6.38. The number of likely N-dealkylation sites (tertiary alicyclic amines) is 1. The molecule has 1 aliphatic heterocycles. The molecule has 0 spiro atoms. The maximum atomic E-state index is 12.0. The zero-order valence-corrected chi connectivity index (χ0v) is 14.3. The van der Waals surface area contributed by atoms with Crippen LogP contribution >= 0.6 is 0 Å². The molecule has 3 amide bonds. The Morgan fingerprint density at radius 1 is 1.13 bits per heavy atom. The lowest BCUT2D eigenvalue weighted by Gasteiger charge is -2.17. The molecule has 1 aromatic rings. The lowest BCUT2D eigenvalue weighted by molar-refractivity contribution is -0.129. The third-order valence-corrected chi connectivity index (χ3v) is 4.17. The van der Waals surface area contributed by atoms with E-state index in [9.17, 15) is 9.59 Å². The fraction of sp³-hybridized carbons (Fsp3) is 0.556. The number of carbonyl (C=O) groups excluding carboxylic acids is 2. The lowest BCUT2D eigenvalue weighted by atomic mass is 10.0. The first-order valence-corrected chi connectivity index (χ1v) is 8.36. The molecular formula is C18H27N3O2. The van der Waals surface area contributed by atoms with Crippen LogP contribution in [0.2, 0.25) is 0 Å². The second-order valence-electron chi connectivity index (χ2n) is 6.38. The highest BCUT2D eigenvalue weighted by Gasteiger charge is 2.17. The highest BCUT2D eigenvalue weighted by Crippen LogP contribution is 2.16. The van der Waals surface area contributed by atoms with E-state index in [4.69, 9.17) is 0 Å². The van der Waals surface area contributed by atoms with Crippen LogP contribution in [0.25, 0.3) is 0 Å². The molecule has 5 heteroatoms. The molecule has 1 fully saturated rings. The van der Waals surface area contributed by atoms with Crippen molar-refractivity contribution >= 4 is 11.9 Å². The van der Waals surface area contributed by atoms with Gasteiger partial charge in [-0.2, -0.15) is 0 Å². The van der Waals surface area contributed by atoms with Gasteiger partial charge in [-0.1, -0.05) is 29.3 Å². The molecule has 23 heavy (non-hydrogen) atoms. The topological polar surface area (TPSA) is 61.4 Å². The quantitative estimate of drug-likeness (QED) is 0.877. The van der Waals surface area contributed by atoms with E-state index in [2.05, 4.69) is 28.8 Å². The van der Waals surface area contributed by atoms with Crippen molar-refractivity contribution in [3.63, 3.8) is 0 Å². The first-order valence-electron chi connectivity index (χ1n) is 8.36. The minimum absolute atomic E-state index is 0.0668. The van der Waals surface area contributed by atoms with Gasteiger partial charge in [0.15, 0.2) is 0 Å². The van der Waals surface area contributed by atoms with Crippen molar-refractivity contribution in [2.75, 3.05) is 19.6 Å². The van der Waals surface area contributed by atoms with Gasteiger partial charge in [0.1, 0.15) is 0 Å². The molecule has 126 valence electrons. The maximum Gasteiger partial charge on any atom is 0.315 e. The summed E-state index contributed by atoms with van der Waals surface area (Å²) in [6.45, 7) is 8.15. The van der Waals surface area contributed by atoms with Crippen molar-refractivity contribution in [2.45, 2.75) is 46.1 Å². The summed E-state index contributed by atoms with van der Waals surface area (Å²) in [5.74, 6) is 0.130. The summed E-state index contributed by atoms with van der Waals surface area (Å²) in [7, 11) is 0. The summed E-state index contributed by atoms with van der Waals surface area (Å²) in [5, 5.41) is 5.69. The smallest absolute Gasteiger partial charge is 0.315 e. The summed E-state index contributed by atoms with van der Waals surface area (Å²) in [6.07, 6.45) is 2.55. The molecule has 2 N–H and O–H groups in total. The molecule has 0 bridgehead atoms. The van der Waals surface area contributed by atoms with E-state index in [1.807, 2.05) is 25.7 Å². The lowest BCUT2D eigenvalue weighted by Crippen LogP contribution is -2.39. The average molecular weight is 317 g/mol. The van der Waals surface area contributed by atoms with E-state index in [1.165, 1.54) is 11.1 Å². The van der Waals surface area contributed by atoms with Gasteiger partial charge >= 0.3 is 6.03 Å². The van der Waals surface area contributed by atoms with Gasteiger partial charge in [0.05, 0.1) is 6.04 Å². The molecule has 1 aliphatic rings. The number of nitrogens with one attached hydrogen (secondary N) is 2. The highest BCUT2D eigenvalue weighted by molar-refractivity contribution is 5.78. The predicted molar refractivity (Wildman–Crippen MR) is 91.3 cm³/mol. The number of rotatable bonds is 5. The number of carbonyl (C=O) groups is 2. The average Bonchev–Trinajstić information content (AvgIpc) is 3.00. The van der Waals surface area contributed by atoms with Crippen LogP contribution in [0.3, 0.4) is 0 Å². The molecule has 0 radical (unpaired) electrons. The van der Waals surface area contributed by atoms with Crippen molar-refractivity contribution in [2.24, 2.45) is 0 Å². The monoisotopic (exact) mass is 317 g/mol. The number of nitrogens with zero attached hydrogens (tertiary/aromatic N) is 1. The number of amides is 3. The van der Waals surface area contributed by atoms with Crippen molar-refractivity contribution in [3.05, 3.63) is 34.9 Å². The van der Waals surface area contributed by atoms with Crippen LogP contribution in [0.1, 0.15) is 48.9 Å². The van der Waals surface area contributed by atoms with Crippen LogP contribution in [0.5, 0.6) is 0 Å². The summed E-state index contributed by atoms with van der Waals surface area (Å²) < 4.78 is 0. The highest BCUT2D eigenvalue weighted by atomic mass is 16.2. The third-order valence-electron chi connectivity index (χ3n) is 4.17. The normalized spacial score (nSPS) is 15.3. The summed E-state index contributed by atoms with van der Waals surface area (Å²) in [4.78, 5) is 25.7. The van der Waals surface area contributed by atoms with Gasteiger partial charge < -0.3 is 15.5 Å². The molecule has 1 saturated heterocycles. The SMILES string of the molecule is Cc1cc(C)cc([C@H](C)NC(=O)NCCC(=O)N2CCCC2)c1.